The van der Waals surface area contributed by atoms with Crippen LogP contribution < -0.4 is 21.8 Å². The zero-order valence-corrected chi connectivity index (χ0v) is 16.1. The number of aldehydes is 1. The number of ketones is 1. The Bertz CT molecular complexity index is 536. The molecule has 0 aromatic carbocycles. The summed E-state index contributed by atoms with van der Waals surface area (Å²) in [6, 6.07) is -1.00. The van der Waals surface area contributed by atoms with E-state index in [-0.39, 0.29) is 23.8 Å². The number of fused-ring (bicyclic) bond motifs is 1. The molecule has 3 rings (SSSR count). The van der Waals surface area contributed by atoms with E-state index in [4.69, 9.17) is 11.1 Å². The average Bonchev–Trinajstić information content (AvgIpc) is 2.64. The molecule has 6 N–H and O–H groups in total. The molecule has 8 heteroatoms. The number of nitrogens with zero attached hydrogens (tertiary/aromatic N) is 1. The van der Waals surface area contributed by atoms with Crippen molar-refractivity contribution in [2.75, 3.05) is 19.6 Å². The highest BCUT2D eigenvalue weighted by Crippen LogP contribution is 2.37. The van der Waals surface area contributed by atoms with Gasteiger partial charge in [0.1, 0.15) is 6.29 Å². The van der Waals surface area contributed by atoms with Crippen molar-refractivity contribution in [2.24, 2.45) is 17.6 Å². The van der Waals surface area contributed by atoms with Crippen LogP contribution in [0.1, 0.15) is 51.4 Å². The minimum Gasteiger partial charge on any atom is -0.370 e. The van der Waals surface area contributed by atoms with E-state index in [1.165, 1.54) is 19.3 Å². The quantitative estimate of drug-likeness (QED) is 0.220. The highest BCUT2D eigenvalue weighted by atomic mass is 16.1. The largest absolute Gasteiger partial charge is 0.370 e. The van der Waals surface area contributed by atoms with Gasteiger partial charge < -0.3 is 21.2 Å². The molecule has 0 aromatic heterocycles. The molecular weight excluding hydrogens is 344 g/mol. The maximum absolute atomic E-state index is 13.3. The van der Waals surface area contributed by atoms with Crippen LogP contribution in [0.3, 0.4) is 0 Å². The first-order valence-corrected chi connectivity index (χ1v) is 10.4. The third-order valence-electron chi connectivity index (χ3n) is 6.39. The summed E-state index contributed by atoms with van der Waals surface area (Å²) in [5.41, 5.74) is 8.75. The second-order valence-corrected chi connectivity index (χ2v) is 8.23. The van der Waals surface area contributed by atoms with Crippen LogP contribution in [-0.4, -0.2) is 60.8 Å². The Morgan fingerprint density at radius 3 is 2.67 bits per heavy atom. The maximum Gasteiger partial charge on any atom is 0.186 e. The molecule has 1 saturated carbocycles. The molecule has 0 amide bonds. The smallest absolute Gasteiger partial charge is 0.186 e. The molecule has 0 spiro atoms. The molecule has 27 heavy (non-hydrogen) atoms. The molecule has 3 fully saturated rings. The Labute approximate surface area is 161 Å². The molecule has 0 bridgehead atoms. The lowest BCUT2D eigenvalue weighted by Crippen LogP contribution is -2.58. The minimum absolute atomic E-state index is 0.0930. The summed E-state index contributed by atoms with van der Waals surface area (Å²) >= 11 is 0. The first-order valence-electron chi connectivity index (χ1n) is 10.4. The van der Waals surface area contributed by atoms with Crippen molar-refractivity contribution in [1.82, 2.24) is 21.1 Å². The summed E-state index contributed by atoms with van der Waals surface area (Å²) < 4.78 is 0. The molecular formula is C19H34N6O2. The van der Waals surface area contributed by atoms with Crippen LogP contribution in [0.4, 0.5) is 0 Å². The Kier molecular flexibility index (Phi) is 7.20. The average molecular weight is 379 g/mol. The standard InChI is InChI=1S/C19H34N6O2/c20-19(21)23-16(7-6-14(12-26)24-25-10-3-11-25)18(27)17-15-5-2-1-4-13(15)8-9-22-17/h12-17,22,24H,1-11H2,(H4,20,21,23)/t13-,14-,15?,16?,17-/m0/s1. The number of carbonyl (C=O) groups is 2. The third-order valence-corrected chi connectivity index (χ3v) is 6.39. The van der Waals surface area contributed by atoms with Crippen LogP contribution in [0, 0.1) is 17.2 Å². The molecule has 2 aliphatic heterocycles. The zero-order chi connectivity index (χ0) is 19.2. The van der Waals surface area contributed by atoms with Crippen molar-refractivity contribution < 1.29 is 9.59 Å². The fourth-order valence-corrected chi connectivity index (χ4v) is 4.80. The van der Waals surface area contributed by atoms with E-state index in [1.807, 2.05) is 5.01 Å². The fourth-order valence-electron chi connectivity index (χ4n) is 4.80. The van der Waals surface area contributed by atoms with Gasteiger partial charge in [0.05, 0.1) is 18.1 Å². The number of carbonyl (C=O) groups excluding carboxylic acids is 2. The van der Waals surface area contributed by atoms with Gasteiger partial charge >= 0.3 is 0 Å². The van der Waals surface area contributed by atoms with Crippen molar-refractivity contribution in [1.29, 1.82) is 5.41 Å². The normalized spacial score (nSPS) is 30.4. The molecule has 0 radical (unpaired) electrons. The molecule has 8 nitrogen and oxygen atoms in total. The van der Waals surface area contributed by atoms with Gasteiger partial charge in [0.25, 0.3) is 0 Å². The van der Waals surface area contributed by atoms with Crippen molar-refractivity contribution >= 4 is 18.0 Å². The van der Waals surface area contributed by atoms with Crippen molar-refractivity contribution in [3.05, 3.63) is 0 Å². The molecule has 0 aromatic rings. The Morgan fingerprint density at radius 1 is 1.22 bits per heavy atom. The first kappa shape index (κ1) is 20.2. The monoisotopic (exact) mass is 378 g/mol. The number of piperidine rings is 1. The Hall–Kier alpha value is -1.51. The predicted octanol–water partition coefficient (Wildman–Crippen LogP) is 0.133. The summed E-state index contributed by atoms with van der Waals surface area (Å²) in [5, 5.41) is 15.9. The fraction of sp³-hybridized carbons (Fsp3) is 0.842. The number of Topliss-reactive ketones (excluding diaryl/α,β-unsaturated/α-hetero) is 1. The summed E-state index contributed by atoms with van der Waals surface area (Å²) in [6.45, 7) is 2.78. The zero-order valence-electron chi connectivity index (χ0n) is 16.1. The van der Waals surface area contributed by atoms with Gasteiger partial charge in [-0.2, -0.15) is 0 Å². The minimum atomic E-state index is -0.527. The van der Waals surface area contributed by atoms with Gasteiger partial charge in [-0.05, 0) is 50.5 Å². The molecule has 2 heterocycles. The number of hydrazine groups is 1. The Balaban J connectivity index is 1.60. The van der Waals surface area contributed by atoms with E-state index < -0.39 is 6.04 Å². The molecule has 2 unspecified atom stereocenters. The van der Waals surface area contributed by atoms with Gasteiger partial charge in [0, 0.05) is 13.1 Å². The number of hydrogen-bond donors (Lipinski definition) is 5. The van der Waals surface area contributed by atoms with Crippen LogP contribution in [0.25, 0.3) is 0 Å². The molecule has 5 atom stereocenters. The van der Waals surface area contributed by atoms with E-state index in [0.717, 1.165) is 45.2 Å². The van der Waals surface area contributed by atoms with E-state index in [0.29, 0.717) is 24.7 Å². The molecule has 2 saturated heterocycles. The lowest BCUT2D eigenvalue weighted by molar-refractivity contribution is -0.126. The molecule has 3 aliphatic rings. The summed E-state index contributed by atoms with van der Waals surface area (Å²) in [5.74, 6) is 0.915. The summed E-state index contributed by atoms with van der Waals surface area (Å²) in [6.07, 6.45) is 8.97. The first-order chi connectivity index (χ1) is 13.1. The van der Waals surface area contributed by atoms with E-state index in [2.05, 4.69) is 16.1 Å². The maximum atomic E-state index is 13.3. The van der Waals surface area contributed by atoms with Crippen LogP contribution in [0.2, 0.25) is 0 Å². The molecule has 1 aliphatic carbocycles. The van der Waals surface area contributed by atoms with Gasteiger partial charge in [-0.25, -0.2) is 10.4 Å². The second kappa shape index (κ2) is 9.61. The van der Waals surface area contributed by atoms with E-state index in [1.54, 1.807) is 0 Å². The van der Waals surface area contributed by atoms with Crippen molar-refractivity contribution in [2.45, 2.75) is 69.5 Å². The summed E-state index contributed by atoms with van der Waals surface area (Å²) in [7, 11) is 0. The van der Waals surface area contributed by atoms with Gasteiger partial charge in [-0.3, -0.25) is 10.2 Å². The third kappa shape index (κ3) is 5.27. The Morgan fingerprint density at radius 2 is 2.00 bits per heavy atom. The highest BCUT2D eigenvalue weighted by Gasteiger charge is 2.40. The van der Waals surface area contributed by atoms with Crippen molar-refractivity contribution in [3.8, 4) is 0 Å². The molecule has 152 valence electrons. The van der Waals surface area contributed by atoms with Crippen LogP contribution >= 0.6 is 0 Å². The van der Waals surface area contributed by atoms with Gasteiger partial charge in [-0.1, -0.05) is 19.3 Å². The van der Waals surface area contributed by atoms with E-state index >= 15 is 0 Å². The van der Waals surface area contributed by atoms with Gasteiger partial charge in [-0.15, -0.1) is 0 Å². The SMILES string of the molecule is N=C(N)NC(CC[C@@H](C=O)NN1CCC1)C(=O)[C@H]1NCC[C@@H]2CCCCC21. The lowest BCUT2D eigenvalue weighted by atomic mass is 9.70. The topological polar surface area (TPSA) is 123 Å². The number of nitrogens with one attached hydrogen (secondary N) is 4. The second-order valence-electron chi connectivity index (χ2n) is 8.23. The van der Waals surface area contributed by atoms with Crippen LogP contribution in [0.5, 0.6) is 0 Å². The number of nitrogens with two attached hydrogens (primary N) is 1. The lowest BCUT2D eigenvalue weighted by Gasteiger charge is -2.42. The number of hydrogen-bond acceptors (Lipinski definition) is 6. The van der Waals surface area contributed by atoms with Crippen LogP contribution in [0.15, 0.2) is 0 Å². The van der Waals surface area contributed by atoms with Gasteiger partial charge in [0.15, 0.2) is 11.7 Å². The van der Waals surface area contributed by atoms with E-state index in [9.17, 15) is 9.59 Å². The summed E-state index contributed by atoms with van der Waals surface area (Å²) in [4.78, 5) is 24.7. The van der Waals surface area contributed by atoms with Crippen molar-refractivity contribution in [3.63, 3.8) is 0 Å². The number of rotatable bonds is 9. The van der Waals surface area contributed by atoms with Crippen LogP contribution in [-0.2, 0) is 9.59 Å². The number of guanidine groups is 1. The van der Waals surface area contributed by atoms with Gasteiger partial charge in [0.2, 0.25) is 0 Å². The predicted molar refractivity (Wildman–Crippen MR) is 104 cm³/mol. The highest BCUT2D eigenvalue weighted by molar-refractivity contribution is 5.92.